The summed E-state index contributed by atoms with van der Waals surface area (Å²) in [6.45, 7) is -19.7. The first kappa shape index (κ1) is 88.1. The zero-order chi connectivity index (χ0) is 70.7. The summed E-state index contributed by atoms with van der Waals surface area (Å²) in [7, 11) is 0. The molecular weight excluding hydrogens is 1380 g/mol. The summed E-state index contributed by atoms with van der Waals surface area (Å²) in [6, 6.07) is 0. The maximum absolute atomic E-state index is 13.5. The van der Waals surface area contributed by atoms with Crippen molar-refractivity contribution in [1.29, 1.82) is 0 Å². The lowest BCUT2D eigenvalue weighted by atomic mass is 10.3. The summed E-state index contributed by atoms with van der Waals surface area (Å²) < 4.78 is 476. The lowest BCUT2D eigenvalue weighted by molar-refractivity contribution is -0.567. The topological polar surface area (TPSA) is 276 Å². The van der Waals surface area contributed by atoms with Crippen LogP contribution in [0.3, 0.4) is 0 Å². The molecule has 6 N–H and O–H groups in total. The highest BCUT2D eigenvalue weighted by molar-refractivity contribution is 5.67. The van der Waals surface area contributed by atoms with E-state index in [2.05, 4.69) is 52.1 Å². The molecule has 0 saturated heterocycles. The Balaban J connectivity index is -0.00000128. The first-order valence-electron chi connectivity index (χ1n) is 20.6. The number of carboxylic acid groups (broad SMARTS) is 2. The lowest BCUT2D eigenvalue weighted by Gasteiger charge is -2.36. The maximum atomic E-state index is 13.5. The molecule has 0 atom stereocenters. The fourth-order valence-electron chi connectivity index (χ4n) is 3.65. The van der Waals surface area contributed by atoms with E-state index in [1.807, 2.05) is 4.74 Å². The molecule has 88 heavy (non-hydrogen) atoms. The quantitative estimate of drug-likeness (QED) is 0.0191. The van der Waals surface area contributed by atoms with Gasteiger partial charge in [-0.15, -0.1) is 17.6 Å². The van der Waals surface area contributed by atoms with Crippen molar-refractivity contribution in [3.05, 3.63) is 0 Å². The van der Waals surface area contributed by atoms with Gasteiger partial charge in [-0.2, -0.15) is 132 Å². The van der Waals surface area contributed by atoms with Gasteiger partial charge in [0.05, 0.1) is 52.5 Å². The van der Waals surface area contributed by atoms with Crippen LogP contribution >= 0.6 is 0 Å². The smallest absolute Gasteiger partial charge is 0.481 e. The normalized spacial score (nSPS) is 14.8. The van der Waals surface area contributed by atoms with Crippen LogP contribution in [0.15, 0.2) is 0 Å². The molecule has 0 aromatic rings. The molecule has 0 fully saturated rings. The molecule has 0 aliphatic heterocycles. The molecule has 530 valence electrons. The molecule has 0 bridgehead atoms. The Kier molecular flexibility index (Phi) is 32.5. The van der Waals surface area contributed by atoms with E-state index in [0.717, 1.165) is 0 Å². The average molecular weight is 1410 g/mol. The number of carboxylic acids is 2. The molecule has 0 aliphatic rings. The van der Waals surface area contributed by atoms with E-state index in [1.165, 1.54) is 0 Å². The SMILES string of the molecule is O=C(O)CCOCC(F)(F)OC(F)(F)C(F)(F)OC(F)(F)C(F)(F)C(F)(F)OC(F)(F)COCCC(=O)O.OCC(F)(F)OC(F)(F)OC(F)(F)C(F)(F)OC(F)(F)CO.OCCOCC(F)(F)OC(F)(F)OC(F)(F)C(F)(F)OC(F)(F)COCCO. The monoisotopic (exact) mass is 1410 g/mol. The van der Waals surface area contributed by atoms with Gasteiger partial charge < -0.3 is 49.6 Å². The highest BCUT2D eigenvalue weighted by Crippen LogP contribution is 2.53. The predicted octanol–water partition coefficient (Wildman–Crippen LogP) is 8.13. The van der Waals surface area contributed by atoms with Gasteiger partial charge in [0.15, 0.2) is 0 Å². The average Bonchev–Trinajstić information content (AvgIpc) is 1.11. The molecule has 0 aromatic carbocycles. The van der Waals surface area contributed by atoms with Crippen LogP contribution in [0.1, 0.15) is 12.8 Å². The molecule has 0 unspecified atom stereocenters. The number of hydrogen-bond acceptors (Lipinski definition) is 19. The Labute approximate surface area is 460 Å². The van der Waals surface area contributed by atoms with Crippen LogP contribution < -0.4 is 0 Å². The van der Waals surface area contributed by atoms with Gasteiger partial charge in [0, 0.05) is 0 Å². The van der Waals surface area contributed by atoms with Gasteiger partial charge >= 0.3 is 116 Å². The second-order valence-corrected chi connectivity index (χ2v) is 14.6. The zero-order valence-corrected chi connectivity index (χ0v) is 41.1. The Morgan fingerprint density at radius 1 is 0.261 bits per heavy atom. The van der Waals surface area contributed by atoms with E-state index in [9.17, 15) is 159 Å². The van der Waals surface area contributed by atoms with E-state index in [0.29, 0.717) is 0 Å². The van der Waals surface area contributed by atoms with Gasteiger partial charge in [-0.05, 0) is 0 Å². The number of aliphatic carboxylic acids is 2. The number of carbonyl (C=O) groups is 2. The summed E-state index contributed by atoms with van der Waals surface area (Å²) in [4.78, 5) is 20.3. The minimum absolute atomic E-state index is 0.805. The van der Waals surface area contributed by atoms with Crippen LogP contribution in [0.25, 0.3) is 0 Å². The molecule has 21 nitrogen and oxygen atoms in total. The number of ether oxygens (including phenoxy) is 13. The van der Waals surface area contributed by atoms with E-state index in [1.54, 1.807) is 4.74 Å². The third-order valence-corrected chi connectivity index (χ3v) is 6.98. The molecule has 0 radical (unpaired) electrons. The number of hydrogen-bond donors (Lipinski definition) is 6. The Morgan fingerprint density at radius 2 is 0.466 bits per heavy atom. The molecule has 0 spiro atoms. The summed E-state index contributed by atoms with van der Waals surface area (Å²) in [5, 5.41) is 48.6. The van der Waals surface area contributed by atoms with Crippen molar-refractivity contribution >= 4 is 11.9 Å². The van der Waals surface area contributed by atoms with Gasteiger partial charge in [-0.25, -0.2) is 42.6 Å². The van der Waals surface area contributed by atoms with Crippen molar-refractivity contribution in [3.8, 4) is 0 Å². The summed E-state index contributed by atoms with van der Waals surface area (Å²) in [5.41, 5.74) is 0. The van der Waals surface area contributed by atoms with Crippen molar-refractivity contribution in [2.45, 2.75) is 117 Å². The van der Waals surface area contributed by atoms with Crippen molar-refractivity contribution in [2.75, 3.05) is 79.3 Å². The van der Waals surface area contributed by atoms with E-state index < -0.39 is 208 Å². The van der Waals surface area contributed by atoms with E-state index >= 15 is 0 Å². The molecule has 0 amide bonds. The largest absolute Gasteiger partial charge is 0.495 e. The number of aliphatic hydroxyl groups excluding tert-OH is 4. The number of rotatable bonds is 43. The molecule has 0 rings (SSSR count). The second kappa shape index (κ2) is 32.4. The maximum Gasteiger partial charge on any atom is 0.495 e. The van der Waals surface area contributed by atoms with Crippen LogP contribution in [0.4, 0.5) is 149 Å². The van der Waals surface area contributed by atoms with Crippen molar-refractivity contribution in [1.82, 2.24) is 0 Å². The highest BCUT2D eigenvalue weighted by Gasteiger charge is 2.81. The van der Waals surface area contributed by atoms with Gasteiger partial charge in [0.25, 0.3) is 0 Å². The van der Waals surface area contributed by atoms with E-state index in [-0.39, 0.29) is 0 Å². The van der Waals surface area contributed by atoms with Crippen LogP contribution in [0.5, 0.6) is 0 Å². The van der Waals surface area contributed by atoms with Crippen LogP contribution in [0.2, 0.25) is 0 Å². The fourth-order valence-corrected chi connectivity index (χ4v) is 3.65. The second-order valence-electron chi connectivity index (χ2n) is 14.6. The molecule has 55 heteroatoms. The van der Waals surface area contributed by atoms with Gasteiger partial charge in [-0.3, -0.25) is 9.59 Å². The van der Waals surface area contributed by atoms with Crippen molar-refractivity contribution < 1.29 is 251 Å². The Morgan fingerprint density at radius 3 is 0.739 bits per heavy atom. The minimum Gasteiger partial charge on any atom is -0.481 e. The molecule has 0 aliphatic carbocycles. The first-order chi connectivity index (χ1) is 38.7. The van der Waals surface area contributed by atoms with E-state index in [4.69, 9.17) is 30.6 Å². The predicted molar refractivity (Wildman–Crippen MR) is 190 cm³/mol. The summed E-state index contributed by atoms with van der Waals surface area (Å²) >= 11 is 0. The number of halogens is 34. The van der Waals surface area contributed by atoms with Crippen LogP contribution in [-0.4, -0.2) is 226 Å². The molecular formula is C33H34F34O21. The van der Waals surface area contributed by atoms with Crippen molar-refractivity contribution in [2.24, 2.45) is 0 Å². The number of aliphatic hydroxyl groups is 4. The summed E-state index contributed by atoms with van der Waals surface area (Å²) in [5.74, 6) is -11.0. The zero-order valence-electron chi connectivity index (χ0n) is 41.1. The first-order valence-corrected chi connectivity index (χ1v) is 20.6. The van der Waals surface area contributed by atoms with Gasteiger partial charge in [0.1, 0.15) is 39.6 Å². The fraction of sp³-hybridized carbons (Fsp3) is 0.939. The molecule has 0 saturated carbocycles. The lowest BCUT2D eigenvalue weighted by Crippen LogP contribution is -2.62. The minimum atomic E-state index is -7.65. The van der Waals surface area contributed by atoms with Gasteiger partial charge in [0.2, 0.25) is 0 Å². The van der Waals surface area contributed by atoms with Crippen LogP contribution in [0, 0.1) is 0 Å². The molecule has 0 aromatic heterocycles. The third-order valence-electron chi connectivity index (χ3n) is 6.98. The standard InChI is InChI=1S/C15H14F14O9.C11H14F10O7.C7H6F10O5/c16-9(17,5-34-3-1-7(30)31)36-12(22,23)11(20,21)13(24,25)38-15(28,29)14(26,27)37-10(18,19)6-35-4-2-8(32)33;12-7(13,5-24-3-1-22)26-9(16,17)10(18,19)28-11(20,21)27-8(14,15)6-25-4-2-23;8-3(9,1-18)20-5(12,13)6(14,15)22-7(16,17)21-4(10,11)2-19/h1-6H2,(H,30,31)(H,32,33);22-23H,1-6H2;18-19H,1-2H2. The number of alkyl halides is 34. The molecule has 0 heterocycles. The van der Waals surface area contributed by atoms with Crippen LogP contribution in [-0.2, 0) is 71.2 Å². The third kappa shape index (κ3) is 32.2. The van der Waals surface area contributed by atoms with Gasteiger partial charge in [-0.1, -0.05) is 0 Å². The highest BCUT2D eigenvalue weighted by atomic mass is 19.4. The Bertz CT molecular complexity index is 2070. The Hall–Kier alpha value is -4.12. The van der Waals surface area contributed by atoms with Crippen molar-refractivity contribution in [3.63, 3.8) is 0 Å². The summed E-state index contributed by atoms with van der Waals surface area (Å²) in [6.07, 6.45) is -101.